The topological polar surface area (TPSA) is 52.6 Å². The quantitative estimate of drug-likeness (QED) is 0.489. The SMILES string of the molecule is C#C[C@]1(OC(C)=O)CC[C@H]2[C@@H]3CC[C@H]4C[C@@H](OC(C)=O)CC[C@]4(C)[C@H]3CC[C@@]21C. The van der Waals surface area contributed by atoms with Gasteiger partial charge in [-0.05, 0) is 86.9 Å². The van der Waals surface area contributed by atoms with Crippen molar-refractivity contribution < 1.29 is 19.1 Å². The van der Waals surface area contributed by atoms with Crippen LogP contribution in [0.2, 0.25) is 0 Å². The van der Waals surface area contributed by atoms with Crippen LogP contribution in [0.4, 0.5) is 0 Å². The van der Waals surface area contributed by atoms with Crippen molar-refractivity contribution in [3.63, 3.8) is 0 Å². The predicted molar refractivity (Wildman–Crippen MR) is 111 cm³/mol. The Balaban J connectivity index is 1.57. The standard InChI is InChI=1S/C25H36O4/c1-6-25(29-17(3)27)14-11-22-20-8-7-18-15-19(28-16(2)26)9-12-23(18,4)21(20)10-13-24(22,25)5/h1,18-22H,7-15H2,2-5H3/t18-,19-,20+,21-,22-,23-,24-,25-/m0/s1. The summed E-state index contributed by atoms with van der Waals surface area (Å²) >= 11 is 0. The number of fused-ring (bicyclic) bond motifs is 5. The summed E-state index contributed by atoms with van der Waals surface area (Å²) in [6.45, 7) is 7.79. The molecule has 0 aliphatic heterocycles. The van der Waals surface area contributed by atoms with Gasteiger partial charge in [0.2, 0.25) is 0 Å². The summed E-state index contributed by atoms with van der Waals surface area (Å²) in [5, 5.41) is 0. The molecular weight excluding hydrogens is 364 g/mol. The monoisotopic (exact) mass is 400 g/mol. The fraction of sp³-hybridized carbons (Fsp3) is 0.840. The van der Waals surface area contributed by atoms with Gasteiger partial charge in [-0.2, -0.15) is 0 Å². The summed E-state index contributed by atoms with van der Waals surface area (Å²) in [7, 11) is 0. The fourth-order valence-electron chi connectivity index (χ4n) is 8.24. The molecule has 0 heterocycles. The molecule has 4 fully saturated rings. The van der Waals surface area contributed by atoms with Crippen molar-refractivity contribution in [3.8, 4) is 12.3 Å². The molecule has 0 saturated heterocycles. The summed E-state index contributed by atoms with van der Waals surface area (Å²) in [6.07, 6.45) is 15.7. The summed E-state index contributed by atoms with van der Waals surface area (Å²) in [4.78, 5) is 23.3. The predicted octanol–water partition coefficient (Wildman–Crippen LogP) is 4.90. The minimum Gasteiger partial charge on any atom is -0.463 e. The third kappa shape index (κ3) is 3.03. The number of terminal acetylenes is 1. The molecule has 0 bridgehead atoms. The van der Waals surface area contributed by atoms with Crippen LogP contribution in [0.5, 0.6) is 0 Å². The maximum absolute atomic E-state index is 11.9. The average Bonchev–Trinajstić information content (AvgIpc) is 2.94. The van der Waals surface area contributed by atoms with Crippen LogP contribution in [0, 0.1) is 46.8 Å². The highest BCUT2D eigenvalue weighted by molar-refractivity contribution is 5.67. The molecule has 4 aliphatic rings. The van der Waals surface area contributed by atoms with Gasteiger partial charge in [-0.15, -0.1) is 6.42 Å². The first-order chi connectivity index (χ1) is 13.6. The minimum absolute atomic E-state index is 0.0977. The maximum atomic E-state index is 11.9. The van der Waals surface area contributed by atoms with Gasteiger partial charge in [-0.25, -0.2) is 0 Å². The van der Waals surface area contributed by atoms with E-state index in [2.05, 4.69) is 19.8 Å². The van der Waals surface area contributed by atoms with Crippen molar-refractivity contribution in [3.05, 3.63) is 0 Å². The third-order valence-electron chi connectivity index (χ3n) is 9.62. The fourth-order valence-corrected chi connectivity index (χ4v) is 8.24. The van der Waals surface area contributed by atoms with E-state index in [4.69, 9.17) is 15.9 Å². The van der Waals surface area contributed by atoms with E-state index in [-0.39, 0.29) is 23.5 Å². The molecule has 0 aromatic carbocycles. The molecule has 0 amide bonds. The van der Waals surface area contributed by atoms with E-state index >= 15 is 0 Å². The van der Waals surface area contributed by atoms with E-state index in [0.29, 0.717) is 29.1 Å². The molecule has 4 heteroatoms. The van der Waals surface area contributed by atoms with Gasteiger partial charge in [0.25, 0.3) is 0 Å². The molecule has 160 valence electrons. The lowest BCUT2D eigenvalue weighted by Gasteiger charge is -2.61. The largest absolute Gasteiger partial charge is 0.463 e. The zero-order valence-electron chi connectivity index (χ0n) is 18.5. The second-order valence-corrected chi connectivity index (χ2v) is 10.7. The van der Waals surface area contributed by atoms with Crippen molar-refractivity contribution >= 4 is 11.9 Å². The Bertz CT molecular complexity index is 738. The normalized spacial score (nSPS) is 48.4. The first-order valence-electron chi connectivity index (χ1n) is 11.5. The minimum atomic E-state index is -0.737. The van der Waals surface area contributed by atoms with Crippen LogP contribution in [-0.4, -0.2) is 23.6 Å². The van der Waals surface area contributed by atoms with Gasteiger partial charge < -0.3 is 9.47 Å². The molecular formula is C25H36O4. The van der Waals surface area contributed by atoms with Crippen LogP contribution >= 0.6 is 0 Å². The van der Waals surface area contributed by atoms with E-state index in [1.807, 2.05) is 0 Å². The Morgan fingerprint density at radius 1 is 0.931 bits per heavy atom. The Morgan fingerprint density at radius 2 is 1.66 bits per heavy atom. The number of rotatable bonds is 2. The average molecular weight is 401 g/mol. The molecule has 0 N–H and O–H groups in total. The van der Waals surface area contributed by atoms with E-state index in [0.717, 1.165) is 44.9 Å². The molecule has 8 atom stereocenters. The lowest BCUT2D eigenvalue weighted by molar-refractivity contribution is -0.178. The summed E-state index contributed by atoms with van der Waals surface area (Å²) in [6, 6.07) is 0. The van der Waals surface area contributed by atoms with Crippen LogP contribution in [0.15, 0.2) is 0 Å². The van der Waals surface area contributed by atoms with E-state index in [1.165, 1.54) is 26.7 Å². The van der Waals surface area contributed by atoms with Crippen LogP contribution in [0.3, 0.4) is 0 Å². The van der Waals surface area contributed by atoms with Gasteiger partial charge in [0.1, 0.15) is 6.10 Å². The zero-order valence-corrected chi connectivity index (χ0v) is 18.5. The molecule has 4 nitrogen and oxygen atoms in total. The second kappa shape index (κ2) is 7.03. The smallest absolute Gasteiger partial charge is 0.304 e. The lowest BCUT2D eigenvalue weighted by atomic mass is 9.44. The molecule has 4 aliphatic carbocycles. The molecule has 0 radical (unpaired) electrons. The summed E-state index contributed by atoms with van der Waals surface area (Å²) in [5.74, 6) is 5.06. The molecule has 4 saturated carbocycles. The van der Waals surface area contributed by atoms with E-state index in [9.17, 15) is 9.59 Å². The zero-order chi connectivity index (χ0) is 21.0. The molecule has 4 rings (SSSR count). The number of ether oxygens (including phenoxy) is 2. The van der Waals surface area contributed by atoms with Gasteiger partial charge in [-0.3, -0.25) is 9.59 Å². The summed E-state index contributed by atoms with van der Waals surface area (Å²) < 4.78 is 11.4. The van der Waals surface area contributed by atoms with Crippen LogP contribution in [0.25, 0.3) is 0 Å². The van der Waals surface area contributed by atoms with Gasteiger partial charge in [0.15, 0.2) is 5.60 Å². The highest BCUT2D eigenvalue weighted by Gasteiger charge is 2.66. The van der Waals surface area contributed by atoms with Crippen molar-refractivity contribution in [2.75, 3.05) is 0 Å². The number of hydrogen-bond donors (Lipinski definition) is 0. The van der Waals surface area contributed by atoms with E-state index in [1.54, 1.807) is 0 Å². The first-order valence-corrected chi connectivity index (χ1v) is 11.5. The van der Waals surface area contributed by atoms with Crippen LogP contribution < -0.4 is 0 Å². The Kier molecular flexibility index (Phi) is 5.03. The van der Waals surface area contributed by atoms with Crippen molar-refractivity contribution in [1.82, 2.24) is 0 Å². The molecule has 0 aromatic heterocycles. The molecule has 29 heavy (non-hydrogen) atoms. The van der Waals surface area contributed by atoms with Crippen molar-refractivity contribution in [1.29, 1.82) is 0 Å². The van der Waals surface area contributed by atoms with Crippen LogP contribution in [0.1, 0.15) is 85.5 Å². The Hall–Kier alpha value is -1.50. The Labute approximate surface area is 175 Å². The van der Waals surface area contributed by atoms with Gasteiger partial charge >= 0.3 is 11.9 Å². The van der Waals surface area contributed by atoms with Gasteiger partial charge in [0, 0.05) is 19.3 Å². The highest BCUT2D eigenvalue weighted by atomic mass is 16.6. The Morgan fingerprint density at radius 3 is 2.31 bits per heavy atom. The van der Waals surface area contributed by atoms with Crippen molar-refractivity contribution in [2.45, 2.75) is 97.2 Å². The number of carbonyl (C=O) groups excluding carboxylic acids is 2. The van der Waals surface area contributed by atoms with Crippen LogP contribution in [-0.2, 0) is 19.1 Å². The number of esters is 2. The van der Waals surface area contributed by atoms with Gasteiger partial charge in [0.05, 0.1) is 0 Å². The highest BCUT2D eigenvalue weighted by Crippen LogP contribution is 2.68. The van der Waals surface area contributed by atoms with E-state index < -0.39 is 5.60 Å². The molecule has 0 unspecified atom stereocenters. The second-order valence-electron chi connectivity index (χ2n) is 10.7. The van der Waals surface area contributed by atoms with Gasteiger partial charge in [-0.1, -0.05) is 19.8 Å². The molecule has 0 aromatic rings. The lowest BCUT2D eigenvalue weighted by Crippen LogP contribution is -2.57. The maximum Gasteiger partial charge on any atom is 0.304 e. The number of hydrogen-bond acceptors (Lipinski definition) is 4. The third-order valence-corrected chi connectivity index (χ3v) is 9.62. The number of carbonyl (C=O) groups is 2. The molecule has 0 spiro atoms. The van der Waals surface area contributed by atoms with Crippen molar-refractivity contribution in [2.24, 2.45) is 34.5 Å². The summed E-state index contributed by atoms with van der Waals surface area (Å²) in [5.41, 5.74) is -0.532. The first kappa shape index (κ1) is 20.8.